The van der Waals surface area contributed by atoms with Gasteiger partial charge in [-0.25, -0.2) is 10.2 Å². The highest BCUT2D eigenvalue weighted by Crippen LogP contribution is 2.26. The molecule has 10 nitrogen and oxygen atoms in total. The van der Waals surface area contributed by atoms with E-state index in [0.717, 1.165) is 5.56 Å². The number of hydrazone groups is 1. The van der Waals surface area contributed by atoms with Crippen molar-refractivity contribution in [2.45, 2.75) is 13.5 Å². The van der Waals surface area contributed by atoms with Gasteiger partial charge in [-0.05, 0) is 30.7 Å². The first-order chi connectivity index (χ1) is 13.4. The van der Waals surface area contributed by atoms with Crippen LogP contribution in [0.25, 0.3) is 11.2 Å². The molecule has 1 N–H and O–H groups in total. The molecule has 1 aromatic carbocycles. The quantitative estimate of drug-likeness (QED) is 0.499. The van der Waals surface area contributed by atoms with E-state index in [0.29, 0.717) is 28.6 Å². The zero-order valence-electron chi connectivity index (χ0n) is 16.4. The summed E-state index contributed by atoms with van der Waals surface area (Å²) in [7, 11) is 6.40. The molecular weight excluding hydrogens is 364 g/mol. The number of aryl methyl sites for hydroxylation is 2. The van der Waals surface area contributed by atoms with E-state index in [-0.39, 0.29) is 12.1 Å². The predicted octanol–water partition coefficient (Wildman–Crippen LogP) is 0.917. The third-order valence-electron chi connectivity index (χ3n) is 4.46. The smallest absolute Gasteiger partial charge is 0.332 e. The monoisotopic (exact) mass is 386 g/mol. The van der Waals surface area contributed by atoms with E-state index < -0.39 is 5.69 Å². The molecule has 0 aliphatic rings. The number of ether oxygens (including phenoxy) is 2. The Labute approximate surface area is 160 Å². The Kier molecular flexibility index (Phi) is 5.21. The Balaban J connectivity index is 1.96. The molecule has 0 aliphatic carbocycles. The van der Waals surface area contributed by atoms with E-state index in [9.17, 15) is 9.59 Å². The number of aromatic nitrogens is 4. The molecule has 10 heteroatoms. The van der Waals surface area contributed by atoms with Crippen LogP contribution in [0.4, 0.5) is 5.95 Å². The lowest BCUT2D eigenvalue weighted by atomic mass is 10.2. The summed E-state index contributed by atoms with van der Waals surface area (Å²) < 4.78 is 14.6. The molecule has 0 saturated heterocycles. The fraction of sp³-hybridized carbons (Fsp3) is 0.333. The second-order valence-corrected chi connectivity index (χ2v) is 6.04. The van der Waals surface area contributed by atoms with E-state index in [4.69, 9.17) is 9.47 Å². The van der Waals surface area contributed by atoms with Gasteiger partial charge in [-0.3, -0.25) is 13.9 Å². The minimum atomic E-state index is -0.404. The van der Waals surface area contributed by atoms with Gasteiger partial charge in [0, 0.05) is 20.6 Å². The van der Waals surface area contributed by atoms with Crippen molar-refractivity contribution < 1.29 is 9.47 Å². The fourth-order valence-electron chi connectivity index (χ4n) is 2.92. The molecule has 148 valence electrons. The summed E-state index contributed by atoms with van der Waals surface area (Å²) >= 11 is 0. The predicted molar refractivity (Wildman–Crippen MR) is 107 cm³/mol. The standard InChI is InChI=1S/C18H22N6O4/c1-6-24-16(25)14-15(23(3)18(24)26)20-17(22(14)2)21-19-10-11-7-8-12(27-4)13(9-11)28-5/h7-10H,6H2,1-5H3,(H,20,21). The lowest BCUT2D eigenvalue weighted by Crippen LogP contribution is -2.39. The van der Waals surface area contributed by atoms with Gasteiger partial charge in [-0.2, -0.15) is 10.1 Å². The van der Waals surface area contributed by atoms with Crippen LogP contribution < -0.4 is 26.1 Å². The first-order valence-corrected chi connectivity index (χ1v) is 8.60. The number of fused-ring (bicyclic) bond motifs is 1. The average Bonchev–Trinajstić information content (AvgIpc) is 3.03. The van der Waals surface area contributed by atoms with Crippen molar-refractivity contribution in [2.24, 2.45) is 19.2 Å². The maximum atomic E-state index is 12.6. The highest BCUT2D eigenvalue weighted by atomic mass is 16.5. The molecule has 0 bridgehead atoms. The Morgan fingerprint density at radius 1 is 1.14 bits per heavy atom. The van der Waals surface area contributed by atoms with Crippen LogP contribution >= 0.6 is 0 Å². The molecule has 0 fully saturated rings. The van der Waals surface area contributed by atoms with E-state index >= 15 is 0 Å². The third kappa shape index (κ3) is 3.13. The number of nitrogens with one attached hydrogen (secondary N) is 1. The maximum absolute atomic E-state index is 12.6. The Morgan fingerprint density at radius 2 is 1.86 bits per heavy atom. The largest absolute Gasteiger partial charge is 0.493 e. The zero-order chi connectivity index (χ0) is 20.4. The summed E-state index contributed by atoms with van der Waals surface area (Å²) in [5.74, 6) is 1.55. The van der Waals surface area contributed by atoms with Gasteiger partial charge in [-0.15, -0.1) is 0 Å². The van der Waals surface area contributed by atoms with Gasteiger partial charge in [-0.1, -0.05) is 0 Å². The average molecular weight is 386 g/mol. The van der Waals surface area contributed by atoms with Crippen LogP contribution in [0.5, 0.6) is 11.5 Å². The summed E-state index contributed by atoms with van der Waals surface area (Å²) in [4.78, 5) is 29.2. The molecule has 0 atom stereocenters. The molecule has 2 aromatic heterocycles. The van der Waals surface area contributed by atoms with Gasteiger partial charge in [0.2, 0.25) is 5.95 Å². The van der Waals surface area contributed by atoms with Crippen molar-refractivity contribution in [2.75, 3.05) is 19.6 Å². The number of nitrogens with zero attached hydrogens (tertiary/aromatic N) is 5. The summed E-state index contributed by atoms with van der Waals surface area (Å²) in [5, 5.41) is 4.17. The fourth-order valence-corrected chi connectivity index (χ4v) is 2.92. The van der Waals surface area contributed by atoms with Crippen molar-refractivity contribution in [1.29, 1.82) is 0 Å². The molecule has 28 heavy (non-hydrogen) atoms. The number of benzene rings is 1. The molecule has 0 unspecified atom stereocenters. The third-order valence-corrected chi connectivity index (χ3v) is 4.46. The minimum absolute atomic E-state index is 0.285. The summed E-state index contributed by atoms with van der Waals surface area (Å²) in [6, 6.07) is 5.38. The first-order valence-electron chi connectivity index (χ1n) is 8.60. The number of rotatable bonds is 6. The van der Waals surface area contributed by atoms with Gasteiger partial charge in [0.1, 0.15) is 0 Å². The Morgan fingerprint density at radius 3 is 2.50 bits per heavy atom. The second kappa shape index (κ2) is 7.59. The number of anilines is 1. The van der Waals surface area contributed by atoms with E-state index in [1.54, 1.807) is 58.2 Å². The van der Waals surface area contributed by atoms with Crippen LogP contribution in [0.15, 0.2) is 32.9 Å². The van der Waals surface area contributed by atoms with Crippen LogP contribution in [0.2, 0.25) is 0 Å². The molecular formula is C18H22N6O4. The molecule has 0 aliphatic heterocycles. The number of imidazole rings is 1. The summed E-state index contributed by atoms with van der Waals surface area (Å²) in [5.41, 5.74) is 3.43. The van der Waals surface area contributed by atoms with Crippen molar-refractivity contribution in [3.63, 3.8) is 0 Å². The molecule has 2 heterocycles. The highest BCUT2D eigenvalue weighted by molar-refractivity contribution is 5.81. The molecule has 0 radical (unpaired) electrons. The van der Waals surface area contributed by atoms with Crippen molar-refractivity contribution in [1.82, 2.24) is 18.7 Å². The molecule has 0 amide bonds. The van der Waals surface area contributed by atoms with E-state index in [1.807, 2.05) is 6.07 Å². The van der Waals surface area contributed by atoms with Gasteiger partial charge < -0.3 is 14.0 Å². The first kappa shape index (κ1) is 19.2. The summed E-state index contributed by atoms with van der Waals surface area (Å²) in [6.07, 6.45) is 1.59. The van der Waals surface area contributed by atoms with Crippen LogP contribution in [0, 0.1) is 0 Å². The van der Waals surface area contributed by atoms with Crippen molar-refractivity contribution >= 4 is 23.3 Å². The van der Waals surface area contributed by atoms with Crippen LogP contribution in [-0.2, 0) is 20.6 Å². The normalized spacial score (nSPS) is 11.3. The van der Waals surface area contributed by atoms with E-state index in [1.165, 1.54) is 9.13 Å². The van der Waals surface area contributed by atoms with Gasteiger partial charge in [0.25, 0.3) is 5.56 Å². The van der Waals surface area contributed by atoms with Crippen LogP contribution in [0.3, 0.4) is 0 Å². The molecule has 3 rings (SSSR count). The van der Waals surface area contributed by atoms with Gasteiger partial charge in [0.05, 0.1) is 20.4 Å². The van der Waals surface area contributed by atoms with Crippen LogP contribution in [-0.4, -0.2) is 39.1 Å². The van der Waals surface area contributed by atoms with E-state index in [2.05, 4.69) is 15.5 Å². The maximum Gasteiger partial charge on any atom is 0.332 e. The summed E-state index contributed by atoms with van der Waals surface area (Å²) in [6.45, 7) is 2.03. The zero-order valence-corrected chi connectivity index (χ0v) is 16.4. The number of methoxy groups -OCH3 is 2. The molecule has 0 spiro atoms. The minimum Gasteiger partial charge on any atom is -0.493 e. The number of hydrogen-bond donors (Lipinski definition) is 1. The second-order valence-electron chi connectivity index (χ2n) is 6.04. The van der Waals surface area contributed by atoms with Gasteiger partial charge >= 0.3 is 5.69 Å². The Bertz CT molecular complexity index is 1170. The lowest BCUT2D eigenvalue weighted by Gasteiger charge is -2.07. The molecule has 0 saturated carbocycles. The SMILES string of the molecule is CCn1c(=O)c2c(nc(NN=Cc3ccc(OC)c(OC)c3)n2C)n(C)c1=O. The number of hydrogen-bond acceptors (Lipinski definition) is 7. The van der Waals surface area contributed by atoms with Crippen molar-refractivity contribution in [3.8, 4) is 11.5 Å². The van der Waals surface area contributed by atoms with Gasteiger partial charge in [0.15, 0.2) is 22.7 Å². The highest BCUT2D eigenvalue weighted by Gasteiger charge is 2.17. The lowest BCUT2D eigenvalue weighted by molar-refractivity contribution is 0.355. The molecule has 3 aromatic rings. The topological polar surface area (TPSA) is 105 Å². The van der Waals surface area contributed by atoms with Crippen LogP contribution in [0.1, 0.15) is 12.5 Å². The Hall–Kier alpha value is -3.56. The van der Waals surface area contributed by atoms with Crippen molar-refractivity contribution in [3.05, 3.63) is 44.6 Å².